The van der Waals surface area contributed by atoms with Crippen LogP contribution in [0.2, 0.25) is 0 Å². The second-order valence-corrected chi connectivity index (χ2v) is 18.2. The Kier molecular flexibility index (Phi) is 9.47. The van der Waals surface area contributed by atoms with E-state index in [2.05, 4.69) is 171 Å². The quantitative estimate of drug-likeness (QED) is 0.158. The zero-order chi connectivity index (χ0) is 48.6. The third-order valence-electron chi connectivity index (χ3n) is 14.2. The minimum Gasteiger partial charge on any atom is -0.309 e. The fraction of sp³-hybridized carbons (Fsp3) is 0. The van der Waals surface area contributed by atoms with E-state index in [0.717, 1.165) is 105 Å². The van der Waals surface area contributed by atoms with Crippen LogP contribution in [0, 0.1) is 22.7 Å². The molecule has 0 radical (unpaired) electrons. The van der Waals surface area contributed by atoms with E-state index in [-0.39, 0.29) is 0 Å². The molecule has 73 heavy (non-hydrogen) atoms. The predicted molar refractivity (Wildman–Crippen MR) is 294 cm³/mol. The van der Waals surface area contributed by atoms with Crippen molar-refractivity contribution in [1.82, 2.24) is 28.7 Å². The molecular weight excluding hydrogens is 893 g/mol. The van der Waals surface area contributed by atoms with Crippen molar-refractivity contribution in [2.75, 3.05) is 0 Å². The number of aromatic nitrogens is 6. The van der Waals surface area contributed by atoms with Gasteiger partial charge in [0.2, 0.25) is 0 Å². The molecule has 338 valence electrons. The largest absolute Gasteiger partial charge is 0.309 e. The Bertz CT molecular complexity index is 4500. The Morgan fingerprint density at radius 1 is 0.288 bits per heavy atom. The SMILES string of the molecule is N#Cc1ccc(-n2c3ccccc3c3ccccc32)c(-c2nc(-c3ccccc3)nc(-c3ccc(-c4cccc(-n5c6ccccc6c6ccccc65)c4C#N)c(-n4c5ccccc5c5ccccc54)c3)n2)c1. The van der Waals surface area contributed by atoms with Gasteiger partial charge < -0.3 is 13.7 Å². The molecule has 10 aromatic carbocycles. The van der Waals surface area contributed by atoms with Crippen molar-refractivity contribution in [3.63, 3.8) is 0 Å². The monoisotopic (exact) mass is 930 g/mol. The van der Waals surface area contributed by atoms with Gasteiger partial charge in [-0.2, -0.15) is 10.5 Å². The normalized spacial score (nSPS) is 11.5. The first-order chi connectivity index (χ1) is 36.1. The van der Waals surface area contributed by atoms with Gasteiger partial charge in [-0.15, -0.1) is 0 Å². The van der Waals surface area contributed by atoms with Crippen LogP contribution in [0.3, 0.4) is 0 Å². The molecule has 0 amide bonds. The Morgan fingerprint density at radius 3 is 1.22 bits per heavy atom. The van der Waals surface area contributed by atoms with Crippen LogP contribution in [-0.4, -0.2) is 28.7 Å². The molecule has 0 N–H and O–H groups in total. The van der Waals surface area contributed by atoms with E-state index < -0.39 is 0 Å². The smallest absolute Gasteiger partial charge is 0.166 e. The van der Waals surface area contributed by atoms with Gasteiger partial charge in [0, 0.05) is 60.1 Å². The summed E-state index contributed by atoms with van der Waals surface area (Å²) in [6.07, 6.45) is 0. The Hall–Kier alpha value is -10.4. The third-order valence-corrected chi connectivity index (χ3v) is 14.2. The van der Waals surface area contributed by atoms with Crippen molar-refractivity contribution >= 4 is 65.4 Å². The van der Waals surface area contributed by atoms with Gasteiger partial charge in [0.1, 0.15) is 6.07 Å². The van der Waals surface area contributed by atoms with Gasteiger partial charge in [0.25, 0.3) is 0 Å². The first-order valence-electron chi connectivity index (χ1n) is 24.1. The molecule has 4 heterocycles. The van der Waals surface area contributed by atoms with Crippen molar-refractivity contribution < 1.29 is 0 Å². The lowest BCUT2D eigenvalue weighted by atomic mass is 9.95. The van der Waals surface area contributed by atoms with Crippen molar-refractivity contribution in [2.45, 2.75) is 0 Å². The average molecular weight is 931 g/mol. The van der Waals surface area contributed by atoms with Crippen LogP contribution in [-0.2, 0) is 0 Å². The number of nitriles is 2. The molecule has 14 aromatic rings. The van der Waals surface area contributed by atoms with Gasteiger partial charge in [-0.25, -0.2) is 15.0 Å². The number of hydrogen-bond donors (Lipinski definition) is 0. The fourth-order valence-corrected chi connectivity index (χ4v) is 11.0. The van der Waals surface area contributed by atoms with Crippen molar-refractivity contribution in [1.29, 1.82) is 10.5 Å². The molecule has 0 aliphatic heterocycles. The highest BCUT2D eigenvalue weighted by Crippen LogP contribution is 2.43. The molecule has 0 aliphatic rings. The maximum atomic E-state index is 11.4. The Morgan fingerprint density at radius 2 is 0.726 bits per heavy atom. The number of fused-ring (bicyclic) bond motifs is 9. The predicted octanol–water partition coefficient (Wildman–Crippen LogP) is 15.6. The highest BCUT2D eigenvalue weighted by atomic mass is 15.1. The number of rotatable bonds is 7. The molecule has 0 fully saturated rings. The zero-order valence-electron chi connectivity index (χ0n) is 39.0. The van der Waals surface area contributed by atoms with E-state index in [1.165, 1.54) is 0 Å². The molecule has 0 aliphatic carbocycles. The molecule has 0 bridgehead atoms. The minimum atomic E-state index is 0.422. The van der Waals surface area contributed by atoms with Crippen LogP contribution in [0.5, 0.6) is 0 Å². The summed E-state index contributed by atoms with van der Waals surface area (Å²) in [5, 5.41) is 28.5. The minimum absolute atomic E-state index is 0.422. The molecule has 8 nitrogen and oxygen atoms in total. The molecule has 0 unspecified atom stereocenters. The lowest BCUT2D eigenvalue weighted by Crippen LogP contribution is -2.05. The molecule has 14 rings (SSSR count). The van der Waals surface area contributed by atoms with Crippen molar-refractivity contribution in [3.05, 3.63) is 242 Å². The zero-order valence-corrected chi connectivity index (χ0v) is 39.0. The summed E-state index contributed by atoms with van der Waals surface area (Å²) in [5.41, 5.74) is 13.6. The van der Waals surface area contributed by atoms with Crippen LogP contribution in [0.15, 0.2) is 231 Å². The van der Waals surface area contributed by atoms with Gasteiger partial charge in [0.15, 0.2) is 17.5 Å². The van der Waals surface area contributed by atoms with Crippen molar-refractivity contribution in [2.24, 2.45) is 0 Å². The molecule has 0 spiro atoms. The molecule has 0 atom stereocenters. The summed E-state index contributed by atoms with van der Waals surface area (Å²) in [7, 11) is 0. The van der Waals surface area contributed by atoms with E-state index in [1.54, 1.807) is 0 Å². The maximum Gasteiger partial charge on any atom is 0.166 e. The lowest BCUT2D eigenvalue weighted by Gasteiger charge is -2.19. The van der Waals surface area contributed by atoms with Crippen LogP contribution in [0.4, 0.5) is 0 Å². The number of para-hydroxylation sites is 6. The second kappa shape index (κ2) is 16.6. The first kappa shape index (κ1) is 41.6. The summed E-state index contributed by atoms with van der Waals surface area (Å²) in [6, 6.07) is 83.6. The van der Waals surface area contributed by atoms with Gasteiger partial charge in [-0.3, -0.25) is 0 Å². The van der Waals surface area contributed by atoms with Gasteiger partial charge in [0.05, 0.1) is 67.4 Å². The number of hydrogen-bond acceptors (Lipinski definition) is 5. The third kappa shape index (κ3) is 6.49. The Balaban J connectivity index is 1.04. The number of benzene rings is 10. The van der Waals surface area contributed by atoms with Crippen LogP contribution in [0.25, 0.3) is 128 Å². The van der Waals surface area contributed by atoms with Gasteiger partial charge >= 0.3 is 0 Å². The van der Waals surface area contributed by atoms with E-state index >= 15 is 0 Å². The summed E-state index contributed by atoms with van der Waals surface area (Å²) in [5.74, 6) is 1.36. The highest BCUT2D eigenvalue weighted by molar-refractivity contribution is 6.12. The summed E-state index contributed by atoms with van der Waals surface area (Å²) in [6.45, 7) is 0. The average Bonchev–Trinajstić information content (AvgIpc) is 4.10. The van der Waals surface area contributed by atoms with E-state index in [0.29, 0.717) is 34.2 Å². The van der Waals surface area contributed by atoms with Gasteiger partial charge in [-0.1, -0.05) is 164 Å². The standard InChI is InChI=1S/C65H38N8/c66-39-41-33-36-61(72-56-28-12-6-21-47(56)48-22-7-13-29-57(48)72)52(37-41)65-69-63(42-17-2-1-3-18-42)68-64(70-65)43-34-35-51(62(38-43)73-58-30-14-8-23-49(58)50-24-9-15-31-59(50)73)44-25-16-32-60(53(44)40-67)71-54-26-10-4-19-45(54)46-20-5-11-27-55(46)71/h1-38H. The van der Waals surface area contributed by atoms with Crippen molar-refractivity contribution in [3.8, 4) is 74.5 Å². The summed E-state index contributed by atoms with van der Waals surface area (Å²) in [4.78, 5) is 15.9. The topological polar surface area (TPSA) is 101 Å². The summed E-state index contributed by atoms with van der Waals surface area (Å²) < 4.78 is 6.75. The molecule has 8 heteroatoms. The van der Waals surface area contributed by atoms with Gasteiger partial charge in [-0.05, 0) is 66.7 Å². The van der Waals surface area contributed by atoms with E-state index in [9.17, 15) is 10.5 Å². The van der Waals surface area contributed by atoms with E-state index in [1.807, 2.05) is 84.9 Å². The lowest BCUT2D eigenvalue weighted by molar-refractivity contribution is 1.06. The fourth-order valence-electron chi connectivity index (χ4n) is 11.0. The second-order valence-electron chi connectivity index (χ2n) is 18.2. The maximum absolute atomic E-state index is 11.4. The number of nitrogens with zero attached hydrogens (tertiary/aromatic N) is 8. The Labute approximate surface area is 418 Å². The van der Waals surface area contributed by atoms with Crippen LogP contribution < -0.4 is 0 Å². The molecule has 4 aromatic heterocycles. The van der Waals surface area contributed by atoms with E-state index in [4.69, 9.17) is 15.0 Å². The van der Waals surface area contributed by atoms with Crippen LogP contribution in [0.1, 0.15) is 11.1 Å². The van der Waals surface area contributed by atoms with Crippen LogP contribution >= 0.6 is 0 Å². The molecule has 0 saturated carbocycles. The molecule has 0 saturated heterocycles. The summed E-state index contributed by atoms with van der Waals surface area (Å²) >= 11 is 0. The first-order valence-corrected chi connectivity index (χ1v) is 24.1. The highest BCUT2D eigenvalue weighted by Gasteiger charge is 2.24. The molecular formula is C65H38N8.